The summed E-state index contributed by atoms with van der Waals surface area (Å²) in [5, 5.41) is 8.23. The molecule has 0 aliphatic heterocycles. The van der Waals surface area contributed by atoms with Gasteiger partial charge in [0.25, 0.3) is 0 Å². The molecule has 1 aromatic rings. The highest BCUT2D eigenvalue weighted by Crippen LogP contribution is 2.20. The second kappa shape index (κ2) is 4.09. The Morgan fingerprint density at radius 1 is 1.62 bits per heavy atom. The summed E-state index contributed by atoms with van der Waals surface area (Å²) >= 11 is 5.40. The molecular weight excluding hydrogens is 199 g/mol. The van der Waals surface area contributed by atoms with Gasteiger partial charge < -0.3 is 9.84 Å². The first kappa shape index (κ1) is 9.80. The number of hydrogen-bond acceptors (Lipinski definition) is 2. The quantitative estimate of drug-likeness (QED) is 0.819. The molecule has 0 bridgehead atoms. The molecular formula is C8H6ClFO3. The van der Waals surface area contributed by atoms with Crippen LogP contribution in [0.2, 0.25) is 5.02 Å². The van der Waals surface area contributed by atoms with Crippen molar-refractivity contribution >= 4 is 17.6 Å². The highest BCUT2D eigenvalue weighted by atomic mass is 35.5. The number of ether oxygens (including phenoxy) is 1. The van der Waals surface area contributed by atoms with Crippen LogP contribution in [0.25, 0.3) is 0 Å². The van der Waals surface area contributed by atoms with E-state index in [4.69, 9.17) is 21.4 Å². The molecule has 0 saturated heterocycles. The van der Waals surface area contributed by atoms with Crippen LogP contribution in [0.5, 0.6) is 5.75 Å². The van der Waals surface area contributed by atoms with E-state index in [1.54, 1.807) is 0 Å². The molecule has 0 aliphatic rings. The Bertz CT molecular complexity index is 327. The van der Waals surface area contributed by atoms with Gasteiger partial charge in [0.15, 0.2) is 6.61 Å². The minimum Gasteiger partial charge on any atom is -0.482 e. The number of aliphatic carboxylic acids is 1. The maximum absolute atomic E-state index is 12.7. The van der Waals surface area contributed by atoms with E-state index in [0.29, 0.717) is 0 Å². The molecule has 13 heavy (non-hydrogen) atoms. The molecule has 70 valence electrons. The van der Waals surface area contributed by atoms with E-state index in [2.05, 4.69) is 0 Å². The summed E-state index contributed by atoms with van der Waals surface area (Å²) < 4.78 is 17.4. The summed E-state index contributed by atoms with van der Waals surface area (Å²) in [5.74, 6) is -1.61. The van der Waals surface area contributed by atoms with Crippen LogP contribution in [-0.2, 0) is 4.79 Å². The molecule has 0 fully saturated rings. The Balaban J connectivity index is 2.68. The molecule has 0 saturated carbocycles. The Hall–Kier alpha value is -1.29. The molecule has 1 rings (SSSR count). The molecule has 1 N–H and O–H groups in total. The molecule has 0 aromatic heterocycles. The van der Waals surface area contributed by atoms with E-state index in [1.807, 2.05) is 0 Å². The highest BCUT2D eigenvalue weighted by molar-refractivity contribution is 6.30. The Morgan fingerprint density at radius 2 is 2.31 bits per heavy atom. The number of rotatable bonds is 3. The summed E-state index contributed by atoms with van der Waals surface area (Å²) in [7, 11) is 0. The molecule has 3 nitrogen and oxygen atoms in total. The number of carbonyl (C=O) groups is 1. The van der Waals surface area contributed by atoms with Crippen molar-refractivity contribution < 1.29 is 19.0 Å². The molecule has 0 amide bonds. The third-order valence-electron chi connectivity index (χ3n) is 1.25. The minimum absolute atomic E-state index is 0.0253. The zero-order valence-corrected chi connectivity index (χ0v) is 7.21. The van der Waals surface area contributed by atoms with Crippen LogP contribution in [0.1, 0.15) is 0 Å². The van der Waals surface area contributed by atoms with Crippen molar-refractivity contribution in [1.82, 2.24) is 0 Å². The minimum atomic E-state index is -1.12. The van der Waals surface area contributed by atoms with Crippen molar-refractivity contribution in [3.8, 4) is 5.75 Å². The predicted molar refractivity (Wildman–Crippen MR) is 44.5 cm³/mol. The first-order chi connectivity index (χ1) is 6.09. The van der Waals surface area contributed by atoms with Gasteiger partial charge >= 0.3 is 5.97 Å². The fourth-order valence-corrected chi connectivity index (χ4v) is 0.829. The van der Waals surface area contributed by atoms with E-state index >= 15 is 0 Å². The second-order valence-electron chi connectivity index (χ2n) is 2.26. The number of hydrogen-bond donors (Lipinski definition) is 1. The Kier molecular flexibility index (Phi) is 3.08. The first-order valence-electron chi connectivity index (χ1n) is 3.39. The number of carboxylic acid groups (broad SMARTS) is 1. The van der Waals surface area contributed by atoms with Gasteiger partial charge in [0.1, 0.15) is 11.6 Å². The topological polar surface area (TPSA) is 46.5 Å². The van der Waals surface area contributed by atoms with Gasteiger partial charge in [-0.3, -0.25) is 0 Å². The highest BCUT2D eigenvalue weighted by Gasteiger charge is 2.03. The third-order valence-corrected chi connectivity index (χ3v) is 1.56. The van der Waals surface area contributed by atoms with Crippen molar-refractivity contribution in [1.29, 1.82) is 0 Å². The molecule has 0 unspecified atom stereocenters. The molecule has 5 heteroatoms. The largest absolute Gasteiger partial charge is 0.482 e. The molecule has 1 aromatic carbocycles. The average molecular weight is 205 g/mol. The molecule has 0 aliphatic carbocycles. The van der Waals surface area contributed by atoms with Crippen molar-refractivity contribution in [2.75, 3.05) is 6.61 Å². The van der Waals surface area contributed by atoms with Gasteiger partial charge in [0.2, 0.25) is 0 Å². The lowest BCUT2D eigenvalue weighted by Crippen LogP contribution is -2.09. The third kappa shape index (κ3) is 2.91. The van der Waals surface area contributed by atoms with Gasteiger partial charge in [0.05, 0.1) is 5.02 Å². The van der Waals surface area contributed by atoms with E-state index < -0.39 is 18.4 Å². The fourth-order valence-electron chi connectivity index (χ4n) is 0.712. The molecule has 0 atom stereocenters. The lowest BCUT2D eigenvalue weighted by atomic mass is 10.3. The number of halogens is 2. The van der Waals surface area contributed by atoms with Crippen LogP contribution in [0.15, 0.2) is 18.2 Å². The summed E-state index contributed by atoms with van der Waals surface area (Å²) in [6.07, 6.45) is 0. The maximum Gasteiger partial charge on any atom is 0.341 e. The number of benzene rings is 1. The van der Waals surface area contributed by atoms with Crippen molar-refractivity contribution in [3.63, 3.8) is 0 Å². The van der Waals surface area contributed by atoms with Crippen molar-refractivity contribution in [3.05, 3.63) is 29.0 Å². The summed E-state index contributed by atoms with van der Waals surface area (Å²) in [6, 6.07) is 3.73. The van der Waals surface area contributed by atoms with Gasteiger partial charge in [-0.25, -0.2) is 9.18 Å². The fraction of sp³-hybridized carbons (Fsp3) is 0.125. The maximum atomic E-state index is 12.7. The van der Waals surface area contributed by atoms with Crippen LogP contribution in [0.4, 0.5) is 4.39 Å². The van der Waals surface area contributed by atoms with E-state index in [-0.39, 0.29) is 10.8 Å². The molecule has 0 spiro atoms. The zero-order chi connectivity index (χ0) is 9.84. The van der Waals surface area contributed by atoms with Crippen LogP contribution < -0.4 is 4.74 Å². The second-order valence-corrected chi connectivity index (χ2v) is 2.67. The monoisotopic (exact) mass is 204 g/mol. The average Bonchev–Trinajstić information content (AvgIpc) is 2.07. The van der Waals surface area contributed by atoms with E-state index in [1.165, 1.54) is 12.1 Å². The van der Waals surface area contributed by atoms with Crippen LogP contribution in [0, 0.1) is 5.82 Å². The van der Waals surface area contributed by atoms with Gasteiger partial charge in [-0.2, -0.15) is 0 Å². The lowest BCUT2D eigenvalue weighted by Gasteiger charge is -2.02. The van der Waals surface area contributed by atoms with Crippen LogP contribution in [0.3, 0.4) is 0 Å². The first-order valence-corrected chi connectivity index (χ1v) is 3.77. The van der Waals surface area contributed by atoms with E-state index in [0.717, 1.165) is 6.07 Å². The molecule has 0 radical (unpaired) electrons. The normalized spacial score (nSPS) is 9.69. The van der Waals surface area contributed by atoms with Crippen molar-refractivity contribution in [2.24, 2.45) is 0 Å². The Morgan fingerprint density at radius 3 is 2.85 bits per heavy atom. The SMILES string of the molecule is O=C(O)COc1ccc(Cl)c(F)c1. The summed E-state index contributed by atoms with van der Waals surface area (Å²) in [5.41, 5.74) is 0. The van der Waals surface area contributed by atoms with Crippen LogP contribution in [-0.4, -0.2) is 17.7 Å². The van der Waals surface area contributed by atoms with Gasteiger partial charge in [-0.15, -0.1) is 0 Å². The summed E-state index contributed by atoms with van der Waals surface area (Å²) in [6.45, 7) is -0.499. The lowest BCUT2D eigenvalue weighted by molar-refractivity contribution is -0.139. The van der Waals surface area contributed by atoms with E-state index in [9.17, 15) is 9.18 Å². The molecule has 0 heterocycles. The smallest absolute Gasteiger partial charge is 0.341 e. The summed E-state index contributed by atoms with van der Waals surface area (Å²) in [4.78, 5) is 10.1. The standard InChI is InChI=1S/C8H6ClFO3/c9-6-2-1-5(3-7(6)10)13-4-8(11)12/h1-3H,4H2,(H,11,12). The van der Waals surface area contributed by atoms with Gasteiger partial charge in [-0.1, -0.05) is 11.6 Å². The van der Waals surface area contributed by atoms with Crippen molar-refractivity contribution in [2.45, 2.75) is 0 Å². The zero-order valence-electron chi connectivity index (χ0n) is 6.46. The van der Waals surface area contributed by atoms with Crippen LogP contribution >= 0.6 is 11.6 Å². The predicted octanol–water partition coefficient (Wildman–Crippen LogP) is 1.94. The van der Waals surface area contributed by atoms with Gasteiger partial charge in [-0.05, 0) is 12.1 Å². The number of carboxylic acids is 1. The Labute approximate surface area is 78.7 Å². The van der Waals surface area contributed by atoms with Gasteiger partial charge in [0, 0.05) is 6.07 Å².